The molecule has 0 aromatic heterocycles. The number of nitrogens with one attached hydrogen (secondary N) is 3. The van der Waals surface area contributed by atoms with Crippen LogP contribution in [0.25, 0.3) is 0 Å². The summed E-state index contributed by atoms with van der Waals surface area (Å²) in [7, 11) is 0. The molecular weight excluding hydrogens is 444 g/mol. The van der Waals surface area contributed by atoms with Crippen LogP contribution in [-0.2, 0) is 20.8 Å². The Morgan fingerprint density at radius 2 is 1.63 bits per heavy atom. The zero-order valence-electron chi connectivity index (χ0n) is 19.9. The van der Waals surface area contributed by atoms with E-state index in [-0.39, 0.29) is 12.5 Å². The normalized spacial score (nSPS) is 10.6. The van der Waals surface area contributed by atoms with Crippen LogP contribution >= 0.6 is 0 Å². The molecule has 0 saturated carbocycles. The predicted octanol–water partition coefficient (Wildman–Crippen LogP) is 3.97. The van der Waals surface area contributed by atoms with E-state index in [4.69, 9.17) is 4.74 Å². The monoisotopic (exact) mass is 472 g/mol. The van der Waals surface area contributed by atoms with Crippen molar-refractivity contribution in [2.75, 3.05) is 17.2 Å². The zero-order valence-corrected chi connectivity index (χ0v) is 19.9. The highest BCUT2D eigenvalue weighted by Gasteiger charge is 2.14. The van der Waals surface area contributed by atoms with Crippen molar-refractivity contribution in [3.05, 3.63) is 89.0 Å². The molecule has 0 spiro atoms. The number of carbonyl (C=O) groups is 3. The van der Waals surface area contributed by atoms with Crippen LogP contribution in [0.4, 0.5) is 11.4 Å². The molecular formula is C27H28N4O4. The van der Waals surface area contributed by atoms with Gasteiger partial charge in [0.1, 0.15) is 5.75 Å². The van der Waals surface area contributed by atoms with E-state index in [1.165, 1.54) is 6.21 Å². The Labute approximate surface area is 204 Å². The second-order valence-electron chi connectivity index (χ2n) is 7.89. The van der Waals surface area contributed by atoms with E-state index in [9.17, 15) is 14.4 Å². The number of rotatable bonds is 8. The second-order valence-corrected chi connectivity index (χ2v) is 7.89. The van der Waals surface area contributed by atoms with Crippen LogP contribution in [0.5, 0.6) is 5.75 Å². The summed E-state index contributed by atoms with van der Waals surface area (Å²) in [5.74, 6) is -1.42. The van der Waals surface area contributed by atoms with E-state index in [2.05, 4.69) is 21.2 Å². The summed E-state index contributed by atoms with van der Waals surface area (Å²) in [6.45, 7) is 5.76. The summed E-state index contributed by atoms with van der Waals surface area (Å²) in [4.78, 5) is 36.3. The van der Waals surface area contributed by atoms with Crippen LogP contribution in [0, 0.1) is 13.8 Å². The highest BCUT2D eigenvalue weighted by Crippen LogP contribution is 2.17. The van der Waals surface area contributed by atoms with Gasteiger partial charge in [0.2, 0.25) is 0 Å². The average molecular weight is 473 g/mol. The molecule has 3 aromatic carbocycles. The molecule has 0 aliphatic rings. The molecule has 0 aliphatic heterocycles. The molecule has 0 unspecified atom stereocenters. The minimum Gasteiger partial charge on any atom is -0.484 e. The van der Waals surface area contributed by atoms with Crippen molar-refractivity contribution >= 4 is 35.3 Å². The Kier molecular flexibility index (Phi) is 8.72. The van der Waals surface area contributed by atoms with Gasteiger partial charge in [0.05, 0.1) is 6.21 Å². The van der Waals surface area contributed by atoms with Gasteiger partial charge in [0.25, 0.3) is 5.91 Å². The number of benzene rings is 3. The molecule has 8 heteroatoms. The van der Waals surface area contributed by atoms with Crippen LogP contribution in [0.15, 0.2) is 71.8 Å². The summed E-state index contributed by atoms with van der Waals surface area (Å²) >= 11 is 0. The summed E-state index contributed by atoms with van der Waals surface area (Å²) in [5, 5.41) is 9.24. The number of hydrogen-bond acceptors (Lipinski definition) is 5. The Hall–Kier alpha value is -4.46. The van der Waals surface area contributed by atoms with E-state index in [1.807, 2.05) is 51.1 Å². The molecule has 0 fully saturated rings. The minimum absolute atomic E-state index is 0.132. The molecule has 3 amide bonds. The third kappa shape index (κ3) is 7.53. The van der Waals surface area contributed by atoms with Crippen molar-refractivity contribution in [3.8, 4) is 5.75 Å². The minimum atomic E-state index is -0.873. The van der Waals surface area contributed by atoms with Crippen molar-refractivity contribution < 1.29 is 19.1 Å². The topological polar surface area (TPSA) is 109 Å². The van der Waals surface area contributed by atoms with E-state index >= 15 is 0 Å². The second kappa shape index (κ2) is 12.1. The first kappa shape index (κ1) is 25.2. The molecule has 0 radical (unpaired) electrons. The molecule has 3 N–H and O–H groups in total. The van der Waals surface area contributed by atoms with Gasteiger partial charge in [-0.05, 0) is 73.4 Å². The fourth-order valence-electron chi connectivity index (χ4n) is 3.28. The number of aryl methyl sites for hydroxylation is 3. The maximum atomic E-state index is 12.2. The molecule has 0 atom stereocenters. The molecule has 0 saturated heterocycles. The van der Waals surface area contributed by atoms with Gasteiger partial charge in [0, 0.05) is 11.4 Å². The van der Waals surface area contributed by atoms with Gasteiger partial charge < -0.3 is 15.4 Å². The summed E-state index contributed by atoms with van der Waals surface area (Å²) < 4.78 is 5.53. The lowest BCUT2D eigenvalue weighted by Gasteiger charge is -2.10. The number of nitrogens with zero attached hydrogens (tertiary/aromatic N) is 1. The summed E-state index contributed by atoms with van der Waals surface area (Å²) in [6, 6.07) is 19.9. The summed E-state index contributed by atoms with van der Waals surface area (Å²) in [5.41, 5.74) is 7.27. The maximum Gasteiger partial charge on any atom is 0.329 e. The standard InChI is InChI=1S/C27H28N4O4/c1-4-21-7-5-6-8-24(21)30-26(33)27(34)31-28-16-20-10-12-22(13-11-20)35-17-25(32)29-23-14-9-18(2)15-19(23)3/h5-16H,4,17H2,1-3H3,(H,29,32)(H,30,33)(H,31,34)/b28-16-. The average Bonchev–Trinajstić information content (AvgIpc) is 2.85. The maximum absolute atomic E-state index is 12.2. The van der Waals surface area contributed by atoms with Crippen LogP contribution in [0.2, 0.25) is 0 Å². The third-order valence-electron chi connectivity index (χ3n) is 5.14. The number of anilines is 2. The highest BCUT2D eigenvalue weighted by molar-refractivity contribution is 6.39. The first-order valence-electron chi connectivity index (χ1n) is 11.2. The van der Waals surface area contributed by atoms with E-state index in [0.717, 1.165) is 28.8 Å². The fourth-order valence-corrected chi connectivity index (χ4v) is 3.28. The molecule has 0 aliphatic carbocycles. The van der Waals surface area contributed by atoms with E-state index < -0.39 is 11.8 Å². The lowest BCUT2D eigenvalue weighted by atomic mass is 10.1. The first-order chi connectivity index (χ1) is 16.9. The fraction of sp³-hybridized carbons (Fsp3) is 0.185. The van der Waals surface area contributed by atoms with Crippen molar-refractivity contribution in [1.82, 2.24) is 5.43 Å². The van der Waals surface area contributed by atoms with Crippen LogP contribution < -0.4 is 20.8 Å². The summed E-state index contributed by atoms with van der Waals surface area (Å²) in [6.07, 6.45) is 2.13. The first-order valence-corrected chi connectivity index (χ1v) is 11.2. The number of carbonyl (C=O) groups excluding carboxylic acids is 3. The van der Waals surface area contributed by atoms with Crippen molar-refractivity contribution in [2.45, 2.75) is 27.2 Å². The van der Waals surface area contributed by atoms with Crippen molar-refractivity contribution in [3.63, 3.8) is 0 Å². The molecule has 8 nitrogen and oxygen atoms in total. The van der Waals surface area contributed by atoms with Gasteiger partial charge in [-0.3, -0.25) is 14.4 Å². The van der Waals surface area contributed by atoms with E-state index in [1.54, 1.807) is 36.4 Å². The van der Waals surface area contributed by atoms with Gasteiger partial charge in [0.15, 0.2) is 6.61 Å². The SMILES string of the molecule is CCc1ccccc1NC(=O)C(=O)N/N=C\c1ccc(OCC(=O)Nc2ccc(C)cc2C)cc1. The molecule has 0 bridgehead atoms. The van der Waals surface area contributed by atoms with E-state index in [0.29, 0.717) is 17.0 Å². The molecule has 3 rings (SSSR count). The van der Waals surface area contributed by atoms with Crippen molar-refractivity contribution in [2.24, 2.45) is 5.10 Å². The number of hydrazone groups is 1. The van der Waals surface area contributed by atoms with Gasteiger partial charge in [-0.2, -0.15) is 5.10 Å². The largest absolute Gasteiger partial charge is 0.484 e. The molecule has 35 heavy (non-hydrogen) atoms. The molecule has 0 heterocycles. The molecule has 180 valence electrons. The lowest BCUT2D eigenvalue weighted by molar-refractivity contribution is -0.136. The Morgan fingerprint density at radius 1 is 0.886 bits per heavy atom. The van der Waals surface area contributed by atoms with Crippen LogP contribution in [0.3, 0.4) is 0 Å². The van der Waals surface area contributed by atoms with Crippen molar-refractivity contribution in [1.29, 1.82) is 0 Å². The van der Waals surface area contributed by atoms with Gasteiger partial charge in [-0.15, -0.1) is 0 Å². The molecule has 3 aromatic rings. The van der Waals surface area contributed by atoms with Gasteiger partial charge in [-0.25, -0.2) is 5.43 Å². The van der Waals surface area contributed by atoms with Gasteiger partial charge in [-0.1, -0.05) is 42.8 Å². The highest BCUT2D eigenvalue weighted by atomic mass is 16.5. The Morgan fingerprint density at radius 3 is 2.34 bits per heavy atom. The number of para-hydroxylation sites is 1. The quantitative estimate of drug-likeness (QED) is 0.262. The predicted molar refractivity (Wildman–Crippen MR) is 137 cm³/mol. The number of hydrogen-bond donors (Lipinski definition) is 3. The lowest BCUT2D eigenvalue weighted by Crippen LogP contribution is -2.32. The van der Waals surface area contributed by atoms with Gasteiger partial charge >= 0.3 is 11.8 Å². The smallest absolute Gasteiger partial charge is 0.329 e. The third-order valence-corrected chi connectivity index (χ3v) is 5.14. The van der Waals surface area contributed by atoms with Crippen LogP contribution in [0.1, 0.15) is 29.2 Å². The number of amides is 3. The zero-order chi connectivity index (χ0) is 25.2. The van der Waals surface area contributed by atoms with Crippen LogP contribution in [-0.4, -0.2) is 30.5 Å². The Balaban J connectivity index is 1.45. The number of ether oxygens (including phenoxy) is 1. The Bertz CT molecular complexity index is 1240.